The number of hydrazine groups is 1. The fourth-order valence-electron chi connectivity index (χ4n) is 2.99. The van der Waals surface area contributed by atoms with Crippen LogP contribution in [0.15, 0.2) is 0 Å². The first kappa shape index (κ1) is 16.2. The minimum absolute atomic E-state index is 0.0350. The number of carbonyl (C=O) groups is 1. The van der Waals surface area contributed by atoms with E-state index in [0.717, 1.165) is 30.6 Å². The van der Waals surface area contributed by atoms with E-state index in [4.69, 9.17) is 11.1 Å². The number of hydrogen-bond acceptors (Lipinski definition) is 6. The summed E-state index contributed by atoms with van der Waals surface area (Å²) in [6.07, 6.45) is 4.08. The average molecular weight is 314 g/mol. The Morgan fingerprint density at radius 3 is 2.57 bits per heavy atom. The van der Waals surface area contributed by atoms with E-state index < -0.39 is 15.9 Å². The molecule has 1 aliphatic heterocycles. The quantitative estimate of drug-likeness (QED) is 0.573. The lowest BCUT2D eigenvalue weighted by molar-refractivity contribution is -0.132. The Kier molecular flexibility index (Phi) is 4.86. The van der Waals surface area contributed by atoms with Crippen LogP contribution in [0.5, 0.6) is 0 Å². The fourth-order valence-corrected chi connectivity index (χ4v) is 4.58. The van der Waals surface area contributed by atoms with Gasteiger partial charge in [0.1, 0.15) is 11.9 Å². The molecule has 2 fully saturated rings. The Hall–Kier alpha value is -1.17. The number of rotatable bonds is 3. The van der Waals surface area contributed by atoms with Crippen LogP contribution in [0.2, 0.25) is 0 Å². The molecule has 2 aliphatic rings. The van der Waals surface area contributed by atoms with Gasteiger partial charge < -0.3 is 4.90 Å². The monoisotopic (exact) mass is 314 g/mol. The van der Waals surface area contributed by atoms with Crippen molar-refractivity contribution in [2.24, 2.45) is 11.8 Å². The molecule has 2 N–H and O–H groups in total. The summed E-state index contributed by atoms with van der Waals surface area (Å²) in [5, 5.41) is 10.5. The van der Waals surface area contributed by atoms with Crippen molar-refractivity contribution < 1.29 is 13.2 Å². The highest BCUT2D eigenvalue weighted by Gasteiger charge is 2.39. The molecule has 1 saturated heterocycles. The summed E-state index contributed by atoms with van der Waals surface area (Å²) in [4.78, 5) is 13.3. The van der Waals surface area contributed by atoms with Crippen molar-refractivity contribution in [3.63, 3.8) is 0 Å². The van der Waals surface area contributed by atoms with Gasteiger partial charge in [0.15, 0.2) is 9.84 Å². The van der Waals surface area contributed by atoms with E-state index in [-0.39, 0.29) is 30.1 Å². The van der Waals surface area contributed by atoms with Crippen LogP contribution >= 0.6 is 0 Å². The smallest absolute Gasteiger partial charge is 0.240 e. The molecule has 0 bridgehead atoms. The fraction of sp³-hybridized carbons (Fsp3) is 0.846. The van der Waals surface area contributed by atoms with Gasteiger partial charge in [-0.1, -0.05) is 6.92 Å². The van der Waals surface area contributed by atoms with Gasteiger partial charge in [0.25, 0.3) is 0 Å². The molecule has 0 radical (unpaired) electrons. The first-order chi connectivity index (χ1) is 9.82. The molecule has 0 aromatic rings. The molecule has 0 aromatic heterocycles. The second-order valence-corrected chi connectivity index (χ2v) is 8.21. The number of carbonyl (C=O) groups excluding carboxylic acids is 1. The SMILES string of the molecule is CC1CCC(N(N)CC(=O)N2CS(=O)(=O)CC2C#N)CC1. The van der Waals surface area contributed by atoms with E-state index in [9.17, 15) is 13.2 Å². The van der Waals surface area contributed by atoms with Crippen LogP contribution in [-0.2, 0) is 14.6 Å². The van der Waals surface area contributed by atoms with Crippen LogP contribution < -0.4 is 5.84 Å². The Morgan fingerprint density at radius 2 is 2.00 bits per heavy atom. The molecule has 1 amide bonds. The van der Waals surface area contributed by atoms with E-state index >= 15 is 0 Å². The van der Waals surface area contributed by atoms with Crippen LogP contribution in [0, 0.1) is 17.2 Å². The third-order valence-corrected chi connectivity index (χ3v) is 5.86. The largest absolute Gasteiger partial charge is 0.310 e. The highest BCUT2D eigenvalue weighted by molar-refractivity contribution is 7.91. The van der Waals surface area contributed by atoms with Crippen LogP contribution in [0.4, 0.5) is 0 Å². The third kappa shape index (κ3) is 3.93. The second kappa shape index (κ2) is 6.30. The number of sulfone groups is 1. The number of amides is 1. The van der Waals surface area contributed by atoms with Crippen molar-refractivity contribution in [2.75, 3.05) is 18.2 Å². The van der Waals surface area contributed by atoms with Gasteiger partial charge in [-0.15, -0.1) is 0 Å². The van der Waals surface area contributed by atoms with Crippen molar-refractivity contribution in [1.29, 1.82) is 5.26 Å². The summed E-state index contributed by atoms with van der Waals surface area (Å²) < 4.78 is 23.1. The minimum atomic E-state index is -3.35. The Balaban J connectivity index is 1.93. The first-order valence-corrected chi connectivity index (χ1v) is 9.05. The van der Waals surface area contributed by atoms with Crippen LogP contribution in [0.1, 0.15) is 32.6 Å². The van der Waals surface area contributed by atoms with Crippen LogP contribution in [0.3, 0.4) is 0 Å². The zero-order valence-corrected chi connectivity index (χ0v) is 13.1. The van der Waals surface area contributed by atoms with Gasteiger partial charge in [-0.25, -0.2) is 13.4 Å². The van der Waals surface area contributed by atoms with Gasteiger partial charge in [0.05, 0.1) is 18.4 Å². The molecule has 1 aliphatic carbocycles. The van der Waals surface area contributed by atoms with Gasteiger partial charge in [0, 0.05) is 6.04 Å². The predicted molar refractivity (Wildman–Crippen MR) is 77.2 cm³/mol. The van der Waals surface area contributed by atoms with Crippen molar-refractivity contribution in [2.45, 2.75) is 44.7 Å². The molecule has 1 atom stereocenters. The normalized spacial score (nSPS) is 32.1. The molecule has 1 unspecified atom stereocenters. The summed E-state index contributed by atoms with van der Waals surface area (Å²) in [6, 6.07) is 1.15. The molecule has 21 heavy (non-hydrogen) atoms. The lowest BCUT2D eigenvalue weighted by Gasteiger charge is -2.33. The second-order valence-electron chi connectivity index (χ2n) is 6.13. The van der Waals surface area contributed by atoms with E-state index in [2.05, 4.69) is 6.92 Å². The molecular formula is C13H22N4O3S. The maximum atomic E-state index is 12.2. The van der Waals surface area contributed by atoms with Gasteiger partial charge in [-0.05, 0) is 31.6 Å². The predicted octanol–water partition coefficient (Wildman–Crippen LogP) is -0.153. The standard InChI is InChI=1S/C13H22N4O3S/c1-10-2-4-11(5-3-10)17(15)7-13(18)16-9-21(19,20)8-12(16)6-14/h10-12H,2-5,7-9,15H2,1H3. The summed E-state index contributed by atoms with van der Waals surface area (Å²) in [6.45, 7) is 2.17. The van der Waals surface area contributed by atoms with E-state index in [1.165, 1.54) is 5.01 Å². The number of nitriles is 1. The van der Waals surface area contributed by atoms with Crippen molar-refractivity contribution in [3.05, 3.63) is 0 Å². The maximum absolute atomic E-state index is 12.2. The zero-order valence-electron chi connectivity index (χ0n) is 12.2. The van der Waals surface area contributed by atoms with Crippen molar-refractivity contribution >= 4 is 15.7 Å². The summed E-state index contributed by atoms with van der Waals surface area (Å²) in [5.74, 6) is 5.62. The molecule has 1 saturated carbocycles. The Labute approximate surface area is 125 Å². The molecule has 2 rings (SSSR count). The number of hydrogen-bond donors (Lipinski definition) is 1. The first-order valence-electron chi connectivity index (χ1n) is 7.23. The summed E-state index contributed by atoms with van der Waals surface area (Å²) in [5.41, 5.74) is 0. The van der Waals surface area contributed by atoms with Gasteiger partial charge in [-0.2, -0.15) is 5.26 Å². The third-order valence-electron chi connectivity index (χ3n) is 4.37. The van der Waals surface area contributed by atoms with E-state index in [1.54, 1.807) is 0 Å². The molecule has 118 valence electrons. The minimum Gasteiger partial charge on any atom is -0.310 e. The van der Waals surface area contributed by atoms with Gasteiger partial charge in [-0.3, -0.25) is 10.6 Å². The number of nitrogens with zero attached hydrogens (tertiary/aromatic N) is 3. The number of nitrogens with two attached hydrogens (primary N) is 1. The molecule has 0 aromatic carbocycles. The molecule has 8 heteroatoms. The lowest BCUT2D eigenvalue weighted by atomic mass is 9.87. The maximum Gasteiger partial charge on any atom is 0.240 e. The highest BCUT2D eigenvalue weighted by Crippen LogP contribution is 2.26. The van der Waals surface area contributed by atoms with Crippen LogP contribution in [0.25, 0.3) is 0 Å². The van der Waals surface area contributed by atoms with Crippen molar-refractivity contribution in [3.8, 4) is 6.07 Å². The molecule has 7 nitrogen and oxygen atoms in total. The zero-order chi connectivity index (χ0) is 15.6. The van der Waals surface area contributed by atoms with E-state index in [1.807, 2.05) is 6.07 Å². The molecule has 1 heterocycles. The summed E-state index contributed by atoms with van der Waals surface area (Å²) >= 11 is 0. The van der Waals surface area contributed by atoms with Gasteiger partial charge >= 0.3 is 0 Å². The summed E-state index contributed by atoms with van der Waals surface area (Å²) in [7, 11) is -3.35. The highest BCUT2D eigenvalue weighted by atomic mass is 32.2. The Bertz CT molecular complexity index is 534. The van der Waals surface area contributed by atoms with E-state index in [0.29, 0.717) is 5.92 Å². The average Bonchev–Trinajstić information content (AvgIpc) is 2.74. The Morgan fingerprint density at radius 1 is 1.38 bits per heavy atom. The van der Waals surface area contributed by atoms with Crippen LogP contribution in [-0.4, -0.2) is 54.5 Å². The van der Waals surface area contributed by atoms with Gasteiger partial charge in [0.2, 0.25) is 5.91 Å². The van der Waals surface area contributed by atoms with Crippen molar-refractivity contribution in [1.82, 2.24) is 9.91 Å². The molecular weight excluding hydrogens is 292 g/mol. The molecule has 0 spiro atoms. The lowest BCUT2D eigenvalue weighted by Crippen LogP contribution is -2.50. The topological polar surface area (TPSA) is 108 Å².